The van der Waals surface area contributed by atoms with Crippen molar-refractivity contribution in [3.8, 4) is 0 Å². The molecule has 1 fully saturated rings. The Morgan fingerprint density at radius 1 is 0.970 bits per heavy atom. The van der Waals surface area contributed by atoms with Gasteiger partial charge in [0.25, 0.3) is 0 Å². The van der Waals surface area contributed by atoms with Crippen LogP contribution in [0.3, 0.4) is 0 Å². The van der Waals surface area contributed by atoms with Crippen molar-refractivity contribution in [3.63, 3.8) is 0 Å². The van der Waals surface area contributed by atoms with Gasteiger partial charge in [-0.05, 0) is 52.4 Å². The predicted octanol–water partition coefficient (Wildman–Crippen LogP) is 4.65. The van der Waals surface area contributed by atoms with E-state index < -0.39 is 29.1 Å². The van der Waals surface area contributed by atoms with Gasteiger partial charge in [0.15, 0.2) is 0 Å². The van der Waals surface area contributed by atoms with Gasteiger partial charge in [0.2, 0.25) is 11.8 Å². The molecular formula is C27H20BrNO4. The quantitative estimate of drug-likeness (QED) is 0.530. The summed E-state index contributed by atoms with van der Waals surface area (Å²) in [7, 11) is 0. The third-order valence-corrected chi connectivity index (χ3v) is 8.11. The summed E-state index contributed by atoms with van der Waals surface area (Å²) in [5.74, 6) is -3.95. The molecule has 5 nitrogen and oxygen atoms in total. The zero-order valence-electron chi connectivity index (χ0n) is 17.8. The molecule has 1 heterocycles. The summed E-state index contributed by atoms with van der Waals surface area (Å²) in [6.07, 6.45) is 0.634. The van der Waals surface area contributed by atoms with Crippen LogP contribution in [0.4, 0.5) is 5.69 Å². The number of nitrogens with zero attached hydrogens (tertiary/aromatic N) is 1. The summed E-state index contributed by atoms with van der Waals surface area (Å²) in [6, 6.07) is 20.3. The van der Waals surface area contributed by atoms with Crippen molar-refractivity contribution >= 4 is 39.4 Å². The molecule has 4 aliphatic rings. The van der Waals surface area contributed by atoms with Gasteiger partial charge >= 0.3 is 5.97 Å². The lowest BCUT2D eigenvalue weighted by molar-refractivity contribution is -0.149. The van der Waals surface area contributed by atoms with E-state index in [0.29, 0.717) is 23.2 Å². The summed E-state index contributed by atoms with van der Waals surface area (Å²) in [6.45, 7) is 1.97. The fourth-order valence-corrected chi connectivity index (χ4v) is 6.84. The number of aliphatic carboxylic acids is 1. The fourth-order valence-electron chi connectivity index (χ4n) is 6.43. The van der Waals surface area contributed by atoms with Gasteiger partial charge in [0, 0.05) is 10.4 Å². The van der Waals surface area contributed by atoms with Gasteiger partial charge < -0.3 is 5.11 Å². The Morgan fingerprint density at radius 2 is 1.58 bits per heavy atom. The molecule has 2 bridgehead atoms. The summed E-state index contributed by atoms with van der Waals surface area (Å²) in [4.78, 5) is 42.5. The van der Waals surface area contributed by atoms with Crippen LogP contribution in [0.2, 0.25) is 0 Å². The van der Waals surface area contributed by atoms with Crippen molar-refractivity contribution < 1.29 is 19.5 Å². The smallest absolute Gasteiger partial charge is 0.319 e. The topological polar surface area (TPSA) is 74.7 Å². The second-order valence-electron chi connectivity index (χ2n) is 8.91. The first-order valence-electron chi connectivity index (χ1n) is 11.0. The van der Waals surface area contributed by atoms with Gasteiger partial charge in [-0.3, -0.25) is 14.4 Å². The van der Waals surface area contributed by atoms with Crippen LogP contribution in [0, 0.1) is 11.8 Å². The standard InChI is InChI=1S/C27H20BrNO4/c1-2-14-13-15(28)11-12-20(14)29-24(30)22-21-16-7-3-5-9-18(16)27(26(32)33,23(22)25(29)31)19-10-6-4-8-17(19)21/h3-13,21-23H,2H2,1H3,(H,32,33). The van der Waals surface area contributed by atoms with E-state index in [1.807, 2.05) is 55.5 Å². The average Bonchev–Trinajstić information content (AvgIpc) is 3.09. The minimum absolute atomic E-state index is 0.318. The third kappa shape index (κ3) is 2.34. The molecule has 6 heteroatoms. The molecule has 3 aliphatic carbocycles. The molecule has 1 aliphatic heterocycles. The highest BCUT2D eigenvalue weighted by molar-refractivity contribution is 9.10. The van der Waals surface area contributed by atoms with E-state index >= 15 is 0 Å². The number of anilines is 1. The Bertz CT molecular complexity index is 1330. The Balaban J connectivity index is 1.66. The van der Waals surface area contributed by atoms with E-state index in [-0.39, 0.29) is 11.8 Å². The van der Waals surface area contributed by atoms with Crippen LogP contribution in [-0.4, -0.2) is 22.9 Å². The Morgan fingerprint density at radius 3 is 2.15 bits per heavy atom. The van der Waals surface area contributed by atoms with E-state index in [1.165, 1.54) is 4.90 Å². The van der Waals surface area contributed by atoms with Crippen LogP contribution in [0.1, 0.15) is 40.7 Å². The highest BCUT2D eigenvalue weighted by Crippen LogP contribution is 2.64. The zero-order valence-corrected chi connectivity index (χ0v) is 19.4. The number of carbonyl (C=O) groups is 3. The molecule has 164 valence electrons. The number of amides is 2. The van der Waals surface area contributed by atoms with Crippen molar-refractivity contribution in [3.05, 3.63) is 99.0 Å². The summed E-state index contributed by atoms with van der Waals surface area (Å²) in [5.41, 5.74) is 2.70. The molecule has 33 heavy (non-hydrogen) atoms. The van der Waals surface area contributed by atoms with Crippen molar-refractivity contribution in [1.82, 2.24) is 0 Å². The first-order valence-corrected chi connectivity index (χ1v) is 11.8. The summed E-state index contributed by atoms with van der Waals surface area (Å²) >= 11 is 3.47. The number of carbonyl (C=O) groups excluding carboxylic acids is 2. The highest BCUT2D eigenvalue weighted by atomic mass is 79.9. The normalized spacial score (nSPS) is 26.7. The van der Waals surface area contributed by atoms with Crippen LogP contribution < -0.4 is 4.90 Å². The van der Waals surface area contributed by atoms with Crippen LogP contribution in [0.25, 0.3) is 0 Å². The van der Waals surface area contributed by atoms with E-state index in [1.54, 1.807) is 18.2 Å². The maximum absolute atomic E-state index is 14.1. The minimum Gasteiger partial charge on any atom is -0.480 e. The van der Waals surface area contributed by atoms with Crippen LogP contribution in [-0.2, 0) is 26.2 Å². The lowest BCUT2D eigenvalue weighted by Gasteiger charge is -2.51. The van der Waals surface area contributed by atoms with Crippen LogP contribution in [0.5, 0.6) is 0 Å². The first kappa shape index (κ1) is 20.4. The molecule has 3 aromatic carbocycles. The fraction of sp³-hybridized carbons (Fsp3) is 0.222. The molecule has 0 spiro atoms. The van der Waals surface area contributed by atoms with Crippen molar-refractivity contribution in [2.75, 3.05) is 4.90 Å². The van der Waals surface area contributed by atoms with Gasteiger partial charge in [0.1, 0.15) is 5.41 Å². The molecule has 0 radical (unpaired) electrons. The molecule has 7 rings (SSSR count). The van der Waals surface area contributed by atoms with E-state index in [2.05, 4.69) is 15.9 Å². The van der Waals surface area contributed by atoms with Crippen molar-refractivity contribution in [2.24, 2.45) is 11.8 Å². The number of imide groups is 1. The number of carboxylic acid groups (broad SMARTS) is 1. The number of aryl methyl sites for hydroxylation is 1. The average molecular weight is 502 g/mol. The van der Waals surface area contributed by atoms with Crippen LogP contribution in [0.15, 0.2) is 71.2 Å². The largest absolute Gasteiger partial charge is 0.480 e. The number of rotatable bonds is 3. The number of benzene rings is 3. The lowest BCUT2D eigenvalue weighted by atomic mass is 9.47. The van der Waals surface area contributed by atoms with Gasteiger partial charge in [-0.2, -0.15) is 0 Å². The maximum Gasteiger partial charge on any atom is 0.319 e. The maximum atomic E-state index is 14.1. The molecule has 2 atom stereocenters. The molecule has 3 aromatic rings. The van der Waals surface area contributed by atoms with Crippen molar-refractivity contribution in [2.45, 2.75) is 24.7 Å². The first-order chi connectivity index (χ1) is 15.9. The molecule has 2 unspecified atom stereocenters. The molecule has 1 N–H and O–H groups in total. The second kappa shape index (κ2) is 6.87. The van der Waals surface area contributed by atoms with Gasteiger partial charge in [-0.15, -0.1) is 0 Å². The number of carboxylic acids is 1. The van der Waals surface area contributed by atoms with Crippen LogP contribution >= 0.6 is 15.9 Å². The molecule has 2 amide bonds. The van der Waals surface area contributed by atoms with Crippen molar-refractivity contribution in [1.29, 1.82) is 0 Å². The van der Waals surface area contributed by atoms with Gasteiger partial charge in [0.05, 0.1) is 17.5 Å². The number of halogens is 1. The minimum atomic E-state index is -1.60. The summed E-state index contributed by atoms with van der Waals surface area (Å²) in [5, 5.41) is 10.8. The second-order valence-corrected chi connectivity index (χ2v) is 9.82. The van der Waals surface area contributed by atoms with Gasteiger partial charge in [-0.1, -0.05) is 71.4 Å². The van der Waals surface area contributed by atoms with Gasteiger partial charge in [-0.25, -0.2) is 4.90 Å². The third-order valence-electron chi connectivity index (χ3n) is 7.62. The lowest BCUT2D eigenvalue weighted by Crippen LogP contribution is -2.57. The Kier molecular flexibility index (Phi) is 4.24. The monoisotopic (exact) mass is 501 g/mol. The SMILES string of the molecule is CCc1cc(Br)ccc1N1C(=O)C2C3c4ccccc4C(C(=O)O)(c4ccccc43)C2C1=O. The molecule has 0 saturated carbocycles. The summed E-state index contributed by atoms with van der Waals surface area (Å²) < 4.78 is 0.862. The highest BCUT2D eigenvalue weighted by Gasteiger charge is 2.71. The zero-order chi connectivity index (χ0) is 23.1. The Hall–Kier alpha value is -3.25. The molecule has 1 saturated heterocycles. The molecule has 0 aromatic heterocycles. The molecular weight excluding hydrogens is 482 g/mol. The Labute approximate surface area is 199 Å². The van der Waals surface area contributed by atoms with E-state index in [0.717, 1.165) is 21.2 Å². The van der Waals surface area contributed by atoms with E-state index in [4.69, 9.17) is 0 Å². The predicted molar refractivity (Wildman–Crippen MR) is 126 cm³/mol. The number of hydrogen-bond acceptors (Lipinski definition) is 3. The number of hydrogen-bond donors (Lipinski definition) is 1. The van der Waals surface area contributed by atoms with E-state index in [9.17, 15) is 19.5 Å².